The Morgan fingerprint density at radius 3 is 3.09 bits per heavy atom. The van der Waals surface area contributed by atoms with Crippen molar-refractivity contribution in [3.05, 3.63) is 0 Å². The predicted molar refractivity (Wildman–Crippen MR) is 45.4 cm³/mol. The van der Waals surface area contributed by atoms with Gasteiger partial charge in [-0.15, -0.1) is 0 Å². The van der Waals surface area contributed by atoms with Gasteiger partial charge in [-0.1, -0.05) is 6.92 Å². The summed E-state index contributed by atoms with van der Waals surface area (Å²) in [6.07, 6.45) is 1.07. The topological polar surface area (TPSA) is 74.8 Å². The Morgan fingerprint density at radius 2 is 2.45 bits per heavy atom. The van der Waals surface area contributed by atoms with Gasteiger partial charge in [-0.25, -0.2) is 9.98 Å². The SMILES string of the molecule is CCCNC1=NCN=C(N)N1. The van der Waals surface area contributed by atoms with Gasteiger partial charge in [0.15, 0.2) is 11.9 Å². The van der Waals surface area contributed by atoms with Gasteiger partial charge in [0.05, 0.1) is 0 Å². The molecule has 1 aliphatic heterocycles. The van der Waals surface area contributed by atoms with Crippen LogP contribution in [0.25, 0.3) is 0 Å². The number of hydrogen-bond acceptors (Lipinski definition) is 5. The minimum absolute atomic E-state index is 0.422. The second-order valence-corrected chi connectivity index (χ2v) is 2.24. The van der Waals surface area contributed by atoms with Crippen molar-refractivity contribution in [2.45, 2.75) is 13.3 Å². The van der Waals surface area contributed by atoms with Crippen LogP contribution in [0.5, 0.6) is 0 Å². The van der Waals surface area contributed by atoms with Crippen LogP contribution in [0.1, 0.15) is 13.3 Å². The van der Waals surface area contributed by atoms with Crippen molar-refractivity contribution < 1.29 is 0 Å². The number of guanidine groups is 2. The zero-order valence-electron chi connectivity index (χ0n) is 6.59. The van der Waals surface area contributed by atoms with E-state index in [1.54, 1.807) is 0 Å². The van der Waals surface area contributed by atoms with Gasteiger partial charge in [0.25, 0.3) is 0 Å². The third-order valence-electron chi connectivity index (χ3n) is 1.26. The minimum atomic E-state index is 0.422. The molecule has 4 N–H and O–H groups in total. The first kappa shape index (κ1) is 7.84. The molecule has 0 amide bonds. The molecule has 0 fully saturated rings. The van der Waals surface area contributed by atoms with Gasteiger partial charge in [0, 0.05) is 6.54 Å². The Labute approximate surface area is 65.8 Å². The fourth-order valence-corrected chi connectivity index (χ4v) is 0.726. The molecule has 0 bridgehead atoms. The smallest absolute Gasteiger partial charge is 0.199 e. The molecule has 1 aliphatic rings. The third kappa shape index (κ3) is 2.45. The maximum atomic E-state index is 5.41. The average molecular weight is 155 g/mol. The number of nitrogens with zero attached hydrogens (tertiary/aromatic N) is 2. The van der Waals surface area contributed by atoms with Gasteiger partial charge < -0.3 is 11.1 Å². The molecule has 11 heavy (non-hydrogen) atoms. The highest BCUT2D eigenvalue weighted by Crippen LogP contribution is 1.82. The third-order valence-corrected chi connectivity index (χ3v) is 1.26. The number of rotatable bonds is 2. The minimum Gasteiger partial charge on any atom is -0.370 e. The lowest BCUT2D eigenvalue weighted by molar-refractivity contribution is 0.807. The summed E-state index contributed by atoms with van der Waals surface area (Å²) < 4.78 is 0. The van der Waals surface area contributed by atoms with E-state index in [0.717, 1.165) is 18.9 Å². The van der Waals surface area contributed by atoms with Crippen LogP contribution in [0, 0.1) is 0 Å². The first-order chi connectivity index (χ1) is 5.33. The van der Waals surface area contributed by atoms with Gasteiger partial charge >= 0.3 is 0 Å². The van der Waals surface area contributed by atoms with E-state index in [-0.39, 0.29) is 0 Å². The summed E-state index contributed by atoms with van der Waals surface area (Å²) in [7, 11) is 0. The predicted octanol–water partition coefficient (Wildman–Crippen LogP) is -0.783. The fraction of sp³-hybridized carbons (Fsp3) is 0.667. The Morgan fingerprint density at radius 1 is 1.64 bits per heavy atom. The molecule has 0 spiro atoms. The monoisotopic (exact) mass is 155 g/mol. The second-order valence-electron chi connectivity index (χ2n) is 2.24. The molecule has 5 heteroatoms. The van der Waals surface area contributed by atoms with Crippen molar-refractivity contribution in [3.63, 3.8) is 0 Å². The van der Waals surface area contributed by atoms with Gasteiger partial charge in [0.2, 0.25) is 0 Å². The zero-order chi connectivity index (χ0) is 8.10. The van der Waals surface area contributed by atoms with Crippen molar-refractivity contribution in [1.82, 2.24) is 10.6 Å². The number of nitrogens with one attached hydrogen (secondary N) is 2. The fourth-order valence-electron chi connectivity index (χ4n) is 0.726. The number of aliphatic imine (C=N–C) groups is 2. The molecule has 62 valence electrons. The summed E-state index contributed by atoms with van der Waals surface area (Å²) >= 11 is 0. The van der Waals surface area contributed by atoms with Crippen molar-refractivity contribution in [2.75, 3.05) is 13.2 Å². The summed E-state index contributed by atoms with van der Waals surface area (Å²) in [5, 5.41) is 5.90. The first-order valence-electron chi connectivity index (χ1n) is 3.68. The summed E-state index contributed by atoms with van der Waals surface area (Å²) in [6.45, 7) is 3.41. The molecule has 0 atom stereocenters. The summed E-state index contributed by atoms with van der Waals surface area (Å²) in [5.41, 5.74) is 5.41. The molecule has 5 nitrogen and oxygen atoms in total. The lowest BCUT2D eigenvalue weighted by Crippen LogP contribution is -2.46. The molecule has 0 unspecified atom stereocenters. The van der Waals surface area contributed by atoms with Crippen LogP contribution >= 0.6 is 0 Å². The van der Waals surface area contributed by atoms with E-state index in [9.17, 15) is 0 Å². The maximum Gasteiger partial charge on any atom is 0.199 e. The highest BCUT2D eigenvalue weighted by molar-refractivity contribution is 5.98. The van der Waals surface area contributed by atoms with Gasteiger partial charge in [-0.3, -0.25) is 5.32 Å². The Bertz CT molecular complexity index is 183. The molecule has 1 heterocycles. The molecule has 1 rings (SSSR count). The molecular weight excluding hydrogens is 142 g/mol. The van der Waals surface area contributed by atoms with Crippen LogP contribution in [-0.4, -0.2) is 25.1 Å². The molecule has 0 aliphatic carbocycles. The van der Waals surface area contributed by atoms with E-state index in [4.69, 9.17) is 5.73 Å². The standard InChI is InChI=1S/C6H13N5/c1-2-3-8-6-10-4-9-5(7)11-6/h2-4H2,1H3,(H4,7,8,9,10,11). The van der Waals surface area contributed by atoms with Crippen molar-refractivity contribution in [3.8, 4) is 0 Å². The Balaban J connectivity index is 2.30. The molecule has 0 aromatic carbocycles. The molecule has 0 saturated heterocycles. The van der Waals surface area contributed by atoms with Crippen LogP contribution in [0.3, 0.4) is 0 Å². The molecule has 0 aromatic rings. The van der Waals surface area contributed by atoms with Crippen LogP contribution in [-0.2, 0) is 0 Å². The Hall–Kier alpha value is -1.26. The van der Waals surface area contributed by atoms with E-state index >= 15 is 0 Å². The average Bonchev–Trinajstić information content (AvgIpc) is 2.01. The van der Waals surface area contributed by atoms with E-state index < -0.39 is 0 Å². The van der Waals surface area contributed by atoms with Gasteiger partial charge in [0.1, 0.15) is 6.67 Å². The lowest BCUT2D eigenvalue weighted by atomic mass is 10.5. The summed E-state index contributed by atoms with van der Waals surface area (Å²) in [4.78, 5) is 7.89. The van der Waals surface area contributed by atoms with Gasteiger partial charge in [-0.05, 0) is 6.42 Å². The first-order valence-corrected chi connectivity index (χ1v) is 3.68. The van der Waals surface area contributed by atoms with Gasteiger partial charge in [-0.2, -0.15) is 0 Å². The van der Waals surface area contributed by atoms with Crippen LogP contribution in [0.2, 0.25) is 0 Å². The highest BCUT2D eigenvalue weighted by atomic mass is 15.3. The number of nitrogens with two attached hydrogens (primary N) is 1. The molecule has 0 radical (unpaired) electrons. The quantitative estimate of drug-likeness (QED) is 0.489. The van der Waals surface area contributed by atoms with E-state index in [0.29, 0.717) is 12.6 Å². The van der Waals surface area contributed by atoms with E-state index in [2.05, 4.69) is 27.5 Å². The molecule has 0 saturated carbocycles. The normalized spacial score (nSPS) is 16.5. The van der Waals surface area contributed by atoms with Crippen LogP contribution in [0.4, 0.5) is 0 Å². The Kier molecular flexibility index (Phi) is 2.71. The molecule has 0 aromatic heterocycles. The van der Waals surface area contributed by atoms with Crippen molar-refractivity contribution >= 4 is 11.9 Å². The largest absolute Gasteiger partial charge is 0.370 e. The zero-order valence-corrected chi connectivity index (χ0v) is 6.59. The second kappa shape index (κ2) is 3.80. The van der Waals surface area contributed by atoms with Crippen molar-refractivity contribution in [1.29, 1.82) is 0 Å². The van der Waals surface area contributed by atoms with Crippen LogP contribution in [0.15, 0.2) is 9.98 Å². The lowest BCUT2D eigenvalue weighted by Gasteiger charge is -2.13. The van der Waals surface area contributed by atoms with Crippen molar-refractivity contribution in [2.24, 2.45) is 15.7 Å². The maximum absolute atomic E-state index is 5.41. The van der Waals surface area contributed by atoms with E-state index in [1.165, 1.54) is 0 Å². The van der Waals surface area contributed by atoms with E-state index in [1.807, 2.05) is 0 Å². The summed E-state index contributed by atoms with van der Waals surface area (Å²) in [6, 6.07) is 0. The summed E-state index contributed by atoms with van der Waals surface area (Å²) in [5.74, 6) is 1.15. The highest BCUT2D eigenvalue weighted by Gasteiger charge is 2.02. The number of hydrogen-bond donors (Lipinski definition) is 3. The molecular formula is C6H13N5. The van der Waals surface area contributed by atoms with Crippen LogP contribution < -0.4 is 16.4 Å².